The Morgan fingerprint density at radius 3 is 2.91 bits per heavy atom. The average molecular weight is 455 g/mol. The Kier molecular flexibility index (Phi) is 6.91. The van der Waals surface area contributed by atoms with Crippen molar-refractivity contribution in [2.45, 2.75) is 44.1 Å². The Hall–Kier alpha value is -3.11. The molecule has 10 heteroatoms. The SMILES string of the molecule is CCn1c(SCC(=O)Nc2cccc(CN3CCCC3C(N)=O)c2)nnc1-c1ccco1. The number of thioether (sulfide) groups is 1. The summed E-state index contributed by atoms with van der Waals surface area (Å²) in [6.45, 7) is 4.13. The number of hydrogen-bond donors (Lipinski definition) is 2. The maximum atomic E-state index is 12.5. The van der Waals surface area contributed by atoms with E-state index in [0.29, 0.717) is 29.8 Å². The number of aromatic nitrogens is 3. The monoisotopic (exact) mass is 454 g/mol. The molecule has 1 aromatic carbocycles. The van der Waals surface area contributed by atoms with E-state index in [4.69, 9.17) is 10.2 Å². The summed E-state index contributed by atoms with van der Waals surface area (Å²) in [6, 6.07) is 11.1. The molecule has 0 radical (unpaired) electrons. The van der Waals surface area contributed by atoms with Crippen LogP contribution in [-0.4, -0.2) is 49.8 Å². The number of rotatable bonds is 9. The second-order valence-electron chi connectivity index (χ2n) is 7.60. The van der Waals surface area contributed by atoms with Crippen molar-refractivity contribution >= 4 is 29.3 Å². The zero-order valence-corrected chi connectivity index (χ0v) is 18.7. The van der Waals surface area contributed by atoms with Gasteiger partial charge in [0.25, 0.3) is 0 Å². The van der Waals surface area contributed by atoms with Gasteiger partial charge in [0.15, 0.2) is 16.7 Å². The average Bonchev–Trinajstić information content (AvgIpc) is 3.52. The molecule has 0 saturated carbocycles. The predicted octanol–water partition coefficient (Wildman–Crippen LogP) is 2.74. The van der Waals surface area contributed by atoms with Crippen LogP contribution in [0.2, 0.25) is 0 Å². The number of carbonyl (C=O) groups is 2. The molecule has 3 aromatic rings. The third-order valence-corrected chi connectivity index (χ3v) is 6.36. The Balaban J connectivity index is 1.35. The number of carbonyl (C=O) groups excluding carboxylic acids is 2. The van der Waals surface area contributed by atoms with E-state index < -0.39 is 0 Å². The minimum absolute atomic E-state index is 0.131. The summed E-state index contributed by atoms with van der Waals surface area (Å²) in [4.78, 5) is 26.3. The molecule has 0 aliphatic carbocycles. The number of primary amides is 1. The Morgan fingerprint density at radius 1 is 1.28 bits per heavy atom. The summed E-state index contributed by atoms with van der Waals surface area (Å²) in [5.74, 6) is 1.08. The van der Waals surface area contributed by atoms with Crippen LogP contribution in [0.3, 0.4) is 0 Å². The minimum atomic E-state index is -0.279. The molecule has 9 nitrogen and oxygen atoms in total. The van der Waals surface area contributed by atoms with Crippen LogP contribution in [0.1, 0.15) is 25.3 Å². The van der Waals surface area contributed by atoms with Gasteiger partial charge in [-0.3, -0.25) is 19.1 Å². The molecule has 2 amide bonds. The molecule has 0 bridgehead atoms. The van der Waals surface area contributed by atoms with Crippen LogP contribution in [-0.2, 0) is 22.7 Å². The zero-order valence-electron chi connectivity index (χ0n) is 17.9. The Labute approximate surface area is 190 Å². The lowest BCUT2D eigenvalue weighted by molar-refractivity contribution is -0.122. The third kappa shape index (κ3) is 5.03. The van der Waals surface area contributed by atoms with Crippen molar-refractivity contribution in [2.75, 3.05) is 17.6 Å². The van der Waals surface area contributed by atoms with Crippen LogP contribution in [0.25, 0.3) is 11.6 Å². The van der Waals surface area contributed by atoms with Gasteiger partial charge in [-0.2, -0.15) is 0 Å². The van der Waals surface area contributed by atoms with Gasteiger partial charge in [0.2, 0.25) is 11.8 Å². The molecule has 1 aliphatic rings. The van der Waals surface area contributed by atoms with Crippen molar-refractivity contribution < 1.29 is 14.0 Å². The van der Waals surface area contributed by atoms with Crippen molar-refractivity contribution in [3.05, 3.63) is 48.2 Å². The molecule has 1 unspecified atom stereocenters. The fourth-order valence-corrected chi connectivity index (χ4v) is 4.72. The van der Waals surface area contributed by atoms with E-state index in [-0.39, 0.29) is 23.6 Å². The predicted molar refractivity (Wildman–Crippen MR) is 122 cm³/mol. The molecule has 1 saturated heterocycles. The van der Waals surface area contributed by atoms with Crippen LogP contribution in [0, 0.1) is 0 Å². The maximum Gasteiger partial charge on any atom is 0.234 e. The van der Waals surface area contributed by atoms with E-state index in [9.17, 15) is 9.59 Å². The molecule has 1 fully saturated rings. The largest absolute Gasteiger partial charge is 0.461 e. The molecule has 0 spiro atoms. The first-order valence-electron chi connectivity index (χ1n) is 10.6. The molecule has 4 rings (SSSR count). The van der Waals surface area contributed by atoms with Crippen LogP contribution in [0.4, 0.5) is 5.69 Å². The van der Waals surface area contributed by atoms with Crippen LogP contribution in [0.15, 0.2) is 52.2 Å². The first-order valence-corrected chi connectivity index (χ1v) is 11.6. The molecular formula is C22H26N6O3S. The van der Waals surface area contributed by atoms with Crippen molar-refractivity contribution in [2.24, 2.45) is 5.73 Å². The van der Waals surface area contributed by atoms with Gasteiger partial charge >= 0.3 is 0 Å². The second-order valence-corrected chi connectivity index (χ2v) is 8.54. The molecule has 168 valence electrons. The van der Waals surface area contributed by atoms with Crippen molar-refractivity contribution in [3.8, 4) is 11.6 Å². The molecule has 3 heterocycles. The normalized spacial score (nSPS) is 16.3. The molecule has 1 atom stereocenters. The van der Waals surface area contributed by atoms with Gasteiger partial charge in [0, 0.05) is 18.8 Å². The number of benzene rings is 1. The van der Waals surface area contributed by atoms with Crippen LogP contribution >= 0.6 is 11.8 Å². The summed E-state index contributed by atoms with van der Waals surface area (Å²) in [6.07, 6.45) is 3.36. The van der Waals surface area contributed by atoms with Crippen molar-refractivity contribution in [3.63, 3.8) is 0 Å². The smallest absolute Gasteiger partial charge is 0.234 e. The van der Waals surface area contributed by atoms with E-state index in [2.05, 4.69) is 20.4 Å². The van der Waals surface area contributed by atoms with E-state index in [1.54, 1.807) is 12.3 Å². The number of furan rings is 1. The molecule has 3 N–H and O–H groups in total. The summed E-state index contributed by atoms with van der Waals surface area (Å²) >= 11 is 1.33. The summed E-state index contributed by atoms with van der Waals surface area (Å²) in [5, 5.41) is 12.0. The van der Waals surface area contributed by atoms with Crippen LogP contribution < -0.4 is 11.1 Å². The van der Waals surface area contributed by atoms with Gasteiger partial charge in [-0.15, -0.1) is 10.2 Å². The first-order chi connectivity index (χ1) is 15.5. The number of nitrogens with two attached hydrogens (primary N) is 1. The number of likely N-dealkylation sites (tertiary alicyclic amines) is 1. The number of nitrogens with one attached hydrogen (secondary N) is 1. The molecular weight excluding hydrogens is 428 g/mol. The quantitative estimate of drug-likeness (QED) is 0.477. The summed E-state index contributed by atoms with van der Waals surface area (Å²) in [7, 11) is 0. The second kappa shape index (κ2) is 10.0. The highest BCUT2D eigenvalue weighted by molar-refractivity contribution is 7.99. The minimum Gasteiger partial charge on any atom is -0.461 e. The van der Waals surface area contributed by atoms with Gasteiger partial charge in [0.1, 0.15) is 0 Å². The Morgan fingerprint density at radius 2 is 2.16 bits per heavy atom. The van der Waals surface area contributed by atoms with Gasteiger partial charge < -0.3 is 15.5 Å². The highest BCUT2D eigenvalue weighted by Crippen LogP contribution is 2.25. The van der Waals surface area contributed by atoms with E-state index in [1.165, 1.54) is 11.8 Å². The number of hydrogen-bond acceptors (Lipinski definition) is 7. The number of anilines is 1. The standard InChI is InChI=1S/C22H26N6O3S/c1-2-28-21(18-9-5-11-31-18)25-26-22(28)32-14-19(29)24-16-7-3-6-15(12-16)13-27-10-4-8-17(27)20(23)30/h3,5-7,9,11-12,17H,2,4,8,10,13-14H2,1H3,(H2,23,30)(H,24,29). The highest BCUT2D eigenvalue weighted by Gasteiger charge is 2.28. The lowest BCUT2D eigenvalue weighted by Gasteiger charge is -2.22. The molecule has 2 aromatic heterocycles. The van der Waals surface area contributed by atoms with Crippen molar-refractivity contribution in [1.82, 2.24) is 19.7 Å². The van der Waals surface area contributed by atoms with E-state index in [1.807, 2.05) is 41.8 Å². The van der Waals surface area contributed by atoms with Gasteiger partial charge in [0.05, 0.1) is 18.1 Å². The van der Waals surface area contributed by atoms with Gasteiger partial charge in [-0.05, 0) is 56.1 Å². The Bertz CT molecular complexity index is 1080. The number of amides is 2. The highest BCUT2D eigenvalue weighted by atomic mass is 32.2. The summed E-state index contributed by atoms with van der Waals surface area (Å²) in [5.41, 5.74) is 7.26. The first kappa shape index (κ1) is 22.1. The van der Waals surface area contributed by atoms with Crippen LogP contribution in [0.5, 0.6) is 0 Å². The van der Waals surface area contributed by atoms with E-state index in [0.717, 1.165) is 30.6 Å². The lowest BCUT2D eigenvalue weighted by Crippen LogP contribution is -2.39. The van der Waals surface area contributed by atoms with Gasteiger partial charge in [-0.1, -0.05) is 23.9 Å². The molecule has 1 aliphatic heterocycles. The fraction of sp³-hybridized carbons (Fsp3) is 0.364. The fourth-order valence-electron chi connectivity index (χ4n) is 3.92. The zero-order chi connectivity index (χ0) is 22.5. The van der Waals surface area contributed by atoms with Gasteiger partial charge in [-0.25, -0.2) is 0 Å². The topological polar surface area (TPSA) is 119 Å². The van der Waals surface area contributed by atoms with Crippen molar-refractivity contribution in [1.29, 1.82) is 0 Å². The third-order valence-electron chi connectivity index (χ3n) is 5.40. The summed E-state index contributed by atoms with van der Waals surface area (Å²) < 4.78 is 7.34. The lowest BCUT2D eigenvalue weighted by atomic mass is 10.1. The number of nitrogens with zero attached hydrogens (tertiary/aromatic N) is 4. The van der Waals surface area contributed by atoms with E-state index >= 15 is 0 Å². The molecule has 32 heavy (non-hydrogen) atoms. The maximum absolute atomic E-state index is 12.5.